The van der Waals surface area contributed by atoms with Gasteiger partial charge >= 0.3 is 0 Å². The summed E-state index contributed by atoms with van der Waals surface area (Å²) < 4.78 is 2.49. The lowest BCUT2D eigenvalue weighted by Crippen LogP contribution is -2.21. The van der Waals surface area contributed by atoms with Gasteiger partial charge in [0.15, 0.2) is 0 Å². The van der Waals surface area contributed by atoms with Gasteiger partial charge in [-0.25, -0.2) is 4.98 Å². The second-order valence-corrected chi connectivity index (χ2v) is 5.73. The summed E-state index contributed by atoms with van der Waals surface area (Å²) in [5, 5.41) is 9.64. The molecule has 0 aliphatic carbocycles. The lowest BCUT2D eigenvalue weighted by Gasteiger charge is -2.07. The van der Waals surface area contributed by atoms with Crippen LogP contribution in [0.2, 0.25) is 0 Å². The topological polar surface area (TPSA) is 55.1 Å². The highest BCUT2D eigenvalue weighted by Crippen LogP contribution is 2.15. The molecule has 0 saturated carbocycles. The smallest absolute Gasteiger partial charge is 0.261 e. The molecule has 1 aromatic heterocycles. The van der Waals surface area contributed by atoms with E-state index >= 15 is 0 Å². The van der Waals surface area contributed by atoms with E-state index in [-0.39, 0.29) is 12.2 Å². The Morgan fingerprint density at radius 3 is 2.52 bits per heavy atom. The molecule has 0 bridgehead atoms. The number of hydrogen-bond acceptors (Lipinski definition) is 3. The molecule has 0 aliphatic rings. The summed E-state index contributed by atoms with van der Waals surface area (Å²) >= 11 is 3.37. The number of fused-ring (bicyclic) bond motifs is 1. The van der Waals surface area contributed by atoms with Crippen LogP contribution in [0.3, 0.4) is 0 Å². The molecule has 0 amide bonds. The summed E-state index contributed by atoms with van der Waals surface area (Å²) in [7, 11) is 0. The molecule has 0 atom stereocenters. The minimum Gasteiger partial charge on any atom is -0.392 e. The molecule has 5 heteroatoms. The van der Waals surface area contributed by atoms with E-state index in [1.165, 1.54) is 0 Å². The van der Waals surface area contributed by atoms with Gasteiger partial charge in [-0.2, -0.15) is 0 Å². The van der Waals surface area contributed by atoms with Crippen molar-refractivity contribution in [2.24, 2.45) is 0 Å². The third kappa shape index (κ3) is 2.89. The van der Waals surface area contributed by atoms with Crippen LogP contribution in [0, 0.1) is 0 Å². The highest BCUT2D eigenvalue weighted by Gasteiger charge is 2.05. The Morgan fingerprint density at radius 2 is 1.81 bits per heavy atom. The van der Waals surface area contributed by atoms with Crippen molar-refractivity contribution in [2.75, 3.05) is 0 Å². The zero-order chi connectivity index (χ0) is 14.8. The summed E-state index contributed by atoms with van der Waals surface area (Å²) in [6.45, 7) is 0.482. The Labute approximate surface area is 129 Å². The van der Waals surface area contributed by atoms with Crippen molar-refractivity contribution >= 4 is 26.8 Å². The van der Waals surface area contributed by atoms with E-state index in [1.54, 1.807) is 17.0 Å². The molecule has 0 radical (unpaired) electrons. The maximum atomic E-state index is 12.4. The van der Waals surface area contributed by atoms with Gasteiger partial charge in [0.05, 0.1) is 30.4 Å². The molecule has 0 aliphatic heterocycles. The van der Waals surface area contributed by atoms with Gasteiger partial charge in [0.1, 0.15) is 0 Å². The quantitative estimate of drug-likeness (QED) is 0.794. The Hall–Kier alpha value is -1.98. The van der Waals surface area contributed by atoms with Crippen molar-refractivity contribution in [3.8, 4) is 0 Å². The largest absolute Gasteiger partial charge is 0.392 e. The molecule has 3 aromatic rings. The standard InChI is InChI=1S/C16H13BrN2O2/c17-13-5-6-14-15(7-13)18-10-19(16(14)21)8-11-1-3-12(9-20)4-2-11/h1-7,10,20H,8-9H2. The van der Waals surface area contributed by atoms with Gasteiger partial charge in [0.25, 0.3) is 5.56 Å². The molecule has 0 saturated heterocycles. The van der Waals surface area contributed by atoms with Crippen molar-refractivity contribution in [1.29, 1.82) is 0 Å². The molecule has 0 unspecified atom stereocenters. The molecule has 4 nitrogen and oxygen atoms in total. The zero-order valence-electron chi connectivity index (χ0n) is 11.2. The van der Waals surface area contributed by atoms with Crippen LogP contribution in [0.5, 0.6) is 0 Å². The average molecular weight is 345 g/mol. The summed E-state index contributed by atoms with van der Waals surface area (Å²) in [5.41, 5.74) is 2.47. The van der Waals surface area contributed by atoms with Crippen LogP contribution in [-0.2, 0) is 13.2 Å². The van der Waals surface area contributed by atoms with Crippen LogP contribution in [0.1, 0.15) is 11.1 Å². The molecular formula is C16H13BrN2O2. The van der Waals surface area contributed by atoms with Gasteiger partial charge in [-0.3, -0.25) is 9.36 Å². The molecule has 2 aromatic carbocycles. The van der Waals surface area contributed by atoms with E-state index in [2.05, 4.69) is 20.9 Å². The summed E-state index contributed by atoms with van der Waals surface area (Å²) in [6, 6.07) is 13.0. The molecule has 1 heterocycles. The normalized spacial score (nSPS) is 11.0. The number of halogens is 1. The van der Waals surface area contributed by atoms with Gasteiger partial charge in [0.2, 0.25) is 0 Å². The maximum Gasteiger partial charge on any atom is 0.261 e. The summed E-state index contributed by atoms with van der Waals surface area (Å²) in [6.07, 6.45) is 1.57. The maximum absolute atomic E-state index is 12.4. The summed E-state index contributed by atoms with van der Waals surface area (Å²) in [5.74, 6) is 0. The van der Waals surface area contributed by atoms with Crippen molar-refractivity contribution in [1.82, 2.24) is 9.55 Å². The Morgan fingerprint density at radius 1 is 1.10 bits per heavy atom. The molecule has 106 valence electrons. The van der Waals surface area contributed by atoms with E-state index in [4.69, 9.17) is 5.11 Å². The minimum absolute atomic E-state index is 0.0205. The fraction of sp³-hybridized carbons (Fsp3) is 0.125. The number of aliphatic hydroxyl groups excluding tert-OH is 1. The highest BCUT2D eigenvalue weighted by atomic mass is 79.9. The number of hydrogen-bond donors (Lipinski definition) is 1. The number of benzene rings is 2. The number of aliphatic hydroxyl groups is 1. The van der Waals surface area contributed by atoms with Gasteiger partial charge < -0.3 is 5.11 Å². The molecular weight excluding hydrogens is 332 g/mol. The van der Waals surface area contributed by atoms with E-state index in [9.17, 15) is 4.79 Å². The van der Waals surface area contributed by atoms with E-state index in [0.29, 0.717) is 17.4 Å². The second kappa shape index (κ2) is 5.79. The first kappa shape index (κ1) is 14.0. The van der Waals surface area contributed by atoms with Crippen LogP contribution in [-0.4, -0.2) is 14.7 Å². The predicted molar refractivity (Wildman–Crippen MR) is 85.2 cm³/mol. The monoisotopic (exact) mass is 344 g/mol. The van der Waals surface area contributed by atoms with Crippen LogP contribution in [0.25, 0.3) is 10.9 Å². The third-order valence-electron chi connectivity index (χ3n) is 3.35. The lowest BCUT2D eigenvalue weighted by atomic mass is 10.1. The fourth-order valence-corrected chi connectivity index (χ4v) is 2.54. The van der Waals surface area contributed by atoms with Crippen molar-refractivity contribution in [3.05, 3.63) is 74.7 Å². The summed E-state index contributed by atoms with van der Waals surface area (Å²) in [4.78, 5) is 16.8. The van der Waals surface area contributed by atoms with Gasteiger partial charge in [-0.1, -0.05) is 40.2 Å². The van der Waals surface area contributed by atoms with Gasteiger partial charge in [0, 0.05) is 4.47 Å². The fourth-order valence-electron chi connectivity index (χ4n) is 2.19. The zero-order valence-corrected chi connectivity index (χ0v) is 12.7. The van der Waals surface area contributed by atoms with Gasteiger partial charge in [-0.15, -0.1) is 0 Å². The number of nitrogens with zero attached hydrogens (tertiary/aromatic N) is 2. The van der Waals surface area contributed by atoms with Crippen LogP contribution >= 0.6 is 15.9 Å². The Balaban J connectivity index is 1.98. The predicted octanol–water partition coefficient (Wildman–Crippen LogP) is 2.70. The van der Waals surface area contributed by atoms with Crippen molar-refractivity contribution in [3.63, 3.8) is 0 Å². The third-order valence-corrected chi connectivity index (χ3v) is 3.84. The first-order chi connectivity index (χ1) is 10.2. The minimum atomic E-state index is -0.0567. The molecule has 0 fully saturated rings. The molecule has 1 N–H and O–H groups in total. The van der Waals surface area contributed by atoms with Crippen molar-refractivity contribution < 1.29 is 5.11 Å². The number of aromatic nitrogens is 2. The average Bonchev–Trinajstić information content (AvgIpc) is 2.51. The SMILES string of the molecule is O=c1c2ccc(Br)cc2ncn1Cc1ccc(CO)cc1. The van der Waals surface area contributed by atoms with E-state index in [0.717, 1.165) is 15.6 Å². The van der Waals surface area contributed by atoms with Crippen LogP contribution in [0.15, 0.2) is 58.1 Å². The van der Waals surface area contributed by atoms with Crippen LogP contribution < -0.4 is 5.56 Å². The Bertz CT molecular complexity index is 841. The van der Waals surface area contributed by atoms with E-state index < -0.39 is 0 Å². The first-order valence-corrected chi connectivity index (χ1v) is 7.30. The van der Waals surface area contributed by atoms with Crippen LogP contribution in [0.4, 0.5) is 0 Å². The van der Waals surface area contributed by atoms with Gasteiger partial charge in [-0.05, 0) is 29.3 Å². The Kier molecular flexibility index (Phi) is 3.86. The molecule has 21 heavy (non-hydrogen) atoms. The van der Waals surface area contributed by atoms with Crippen molar-refractivity contribution in [2.45, 2.75) is 13.2 Å². The molecule has 0 spiro atoms. The lowest BCUT2D eigenvalue weighted by molar-refractivity contribution is 0.282. The second-order valence-electron chi connectivity index (χ2n) is 4.81. The highest BCUT2D eigenvalue weighted by molar-refractivity contribution is 9.10. The molecule has 3 rings (SSSR count). The van der Waals surface area contributed by atoms with E-state index in [1.807, 2.05) is 36.4 Å². The first-order valence-electron chi connectivity index (χ1n) is 6.51. The number of rotatable bonds is 3.